The first-order valence-electron chi connectivity index (χ1n) is 7.02. The molecule has 128 valence electrons. The number of ether oxygens (including phenoxy) is 2. The van der Waals surface area contributed by atoms with Crippen molar-refractivity contribution in [1.82, 2.24) is 10.3 Å². The number of primary amides is 1. The van der Waals surface area contributed by atoms with Gasteiger partial charge in [-0.2, -0.15) is 0 Å². The van der Waals surface area contributed by atoms with Crippen molar-refractivity contribution in [1.29, 1.82) is 0 Å². The molecule has 0 radical (unpaired) electrons. The van der Waals surface area contributed by atoms with E-state index < -0.39 is 29.6 Å². The fourth-order valence-electron chi connectivity index (χ4n) is 1.60. The average molecular weight is 343 g/mol. The van der Waals surface area contributed by atoms with Gasteiger partial charge in [-0.15, -0.1) is 11.3 Å². The summed E-state index contributed by atoms with van der Waals surface area (Å²) in [5.74, 6) is -1.18. The first-order chi connectivity index (χ1) is 10.6. The van der Waals surface area contributed by atoms with Gasteiger partial charge in [-0.1, -0.05) is 0 Å². The number of alkyl carbamates (subject to hydrolysis) is 1. The Morgan fingerprint density at radius 3 is 2.57 bits per heavy atom. The summed E-state index contributed by atoms with van der Waals surface area (Å²) in [6.45, 7) is 7.07. The summed E-state index contributed by atoms with van der Waals surface area (Å²) in [5, 5.41) is 4.41. The molecule has 8 nitrogen and oxygen atoms in total. The molecule has 0 bridgehead atoms. The molecule has 1 aromatic rings. The maximum atomic E-state index is 11.9. The number of rotatable bonds is 6. The largest absolute Gasteiger partial charge is 0.461 e. The standard InChI is InChI=1S/C14H21N3O5S/c1-5-21-12(19)9-7-23-11(16-9)8(6-10(15)18)17-13(20)22-14(2,3)4/h7-8H,5-6H2,1-4H3,(H2,15,18)(H,17,20)/t8-/m0/s1. The second-order valence-corrected chi connectivity index (χ2v) is 6.55. The predicted octanol–water partition coefficient (Wildman–Crippen LogP) is 1.76. The summed E-state index contributed by atoms with van der Waals surface area (Å²) in [4.78, 5) is 38.8. The molecule has 1 rings (SSSR count). The Hall–Kier alpha value is -2.16. The summed E-state index contributed by atoms with van der Waals surface area (Å²) < 4.78 is 10.00. The van der Waals surface area contributed by atoms with E-state index in [9.17, 15) is 14.4 Å². The molecule has 0 saturated heterocycles. The zero-order valence-corrected chi connectivity index (χ0v) is 14.4. The zero-order valence-electron chi connectivity index (χ0n) is 13.5. The van der Waals surface area contributed by atoms with E-state index in [0.29, 0.717) is 5.01 Å². The Morgan fingerprint density at radius 2 is 2.04 bits per heavy atom. The Bertz CT molecular complexity index is 579. The molecule has 23 heavy (non-hydrogen) atoms. The third-order valence-corrected chi connectivity index (χ3v) is 3.36. The van der Waals surface area contributed by atoms with Gasteiger partial charge in [0, 0.05) is 5.38 Å². The van der Waals surface area contributed by atoms with Crippen LogP contribution in [0.2, 0.25) is 0 Å². The van der Waals surface area contributed by atoms with Crippen molar-refractivity contribution in [3.8, 4) is 0 Å². The minimum atomic E-state index is -0.768. The predicted molar refractivity (Wildman–Crippen MR) is 84.0 cm³/mol. The van der Waals surface area contributed by atoms with Gasteiger partial charge in [0.15, 0.2) is 5.69 Å². The molecule has 0 fully saturated rings. The lowest BCUT2D eigenvalue weighted by Crippen LogP contribution is -2.36. The number of thiazole rings is 1. The Morgan fingerprint density at radius 1 is 1.39 bits per heavy atom. The van der Waals surface area contributed by atoms with Gasteiger partial charge < -0.3 is 20.5 Å². The molecular formula is C14H21N3O5S. The number of aromatic nitrogens is 1. The van der Waals surface area contributed by atoms with Gasteiger partial charge in [0.2, 0.25) is 5.91 Å². The lowest BCUT2D eigenvalue weighted by molar-refractivity contribution is -0.118. The van der Waals surface area contributed by atoms with Crippen molar-refractivity contribution in [2.45, 2.75) is 45.8 Å². The van der Waals surface area contributed by atoms with E-state index in [2.05, 4.69) is 10.3 Å². The van der Waals surface area contributed by atoms with Gasteiger partial charge in [0.1, 0.15) is 10.6 Å². The summed E-state index contributed by atoms with van der Waals surface area (Å²) in [5.41, 5.74) is 4.64. The van der Waals surface area contributed by atoms with Crippen LogP contribution in [0.5, 0.6) is 0 Å². The lowest BCUT2D eigenvalue weighted by Gasteiger charge is -2.22. The van der Waals surface area contributed by atoms with E-state index >= 15 is 0 Å². The van der Waals surface area contributed by atoms with Crippen molar-refractivity contribution in [3.63, 3.8) is 0 Å². The molecule has 1 heterocycles. The Labute approximate surface area is 138 Å². The third-order valence-electron chi connectivity index (χ3n) is 2.40. The van der Waals surface area contributed by atoms with E-state index in [1.165, 1.54) is 5.38 Å². The maximum absolute atomic E-state index is 11.9. The van der Waals surface area contributed by atoms with Crippen LogP contribution in [-0.4, -0.2) is 35.2 Å². The van der Waals surface area contributed by atoms with Gasteiger partial charge in [-0.05, 0) is 27.7 Å². The number of nitrogens with one attached hydrogen (secondary N) is 1. The molecule has 2 amide bonds. The zero-order chi connectivity index (χ0) is 17.6. The summed E-state index contributed by atoms with van der Waals surface area (Å²) in [6.07, 6.45) is -0.855. The minimum absolute atomic E-state index is 0.118. The molecule has 0 aliphatic heterocycles. The third kappa shape index (κ3) is 6.64. The molecule has 0 saturated carbocycles. The molecule has 1 atom stereocenters. The fourth-order valence-corrected chi connectivity index (χ4v) is 2.44. The number of esters is 1. The monoisotopic (exact) mass is 343 g/mol. The van der Waals surface area contributed by atoms with E-state index in [1.807, 2.05) is 0 Å². The van der Waals surface area contributed by atoms with Gasteiger partial charge >= 0.3 is 12.1 Å². The number of nitrogens with zero attached hydrogens (tertiary/aromatic N) is 1. The molecule has 1 aromatic heterocycles. The number of nitrogens with two attached hydrogens (primary N) is 1. The Kier molecular flexibility index (Phi) is 6.49. The lowest BCUT2D eigenvalue weighted by atomic mass is 10.2. The number of carbonyl (C=O) groups is 3. The summed E-state index contributed by atoms with van der Waals surface area (Å²) in [6, 6.07) is -0.768. The molecule has 9 heteroatoms. The van der Waals surface area contributed by atoms with Crippen LogP contribution in [0.25, 0.3) is 0 Å². The molecule has 0 aliphatic rings. The summed E-state index contributed by atoms with van der Waals surface area (Å²) in [7, 11) is 0. The quantitative estimate of drug-likeness (QED) is 0.759. The molecular weight excluding hydrogens is 322 g/mol. The van der Waals surface area contributed by atoms with Crippen LogP contribution in [0, 0.1) is 0 Å². The van der Waals surface area contributed by atoms with Gasteiger partial charge in [-0.3, -0.25) is 4.79 Å². The fraction of sp³-hybridized carbons (Fsp3) is 0.571. The van der Waals surface area contributed by atoms with Crippen LogP contribution in [0.15, 0.2) is 5.38 Å². The highest BCUT2D eigenvalue weighted by Gasteiger charge is 2.25. The van der Waals surface area contributed by atoms with E-state index in [1.54, 1.807) is 27.7 Å². The van der Waals surface area contributed by atoms with Crippen LogP contribution >= 0.6 is 11.3 Å². The van der Waals surface area contributed by atoms with Crippen LogP contribution in [0.3, 0.4) is 0 Å². The van der Waals surface area contributed by atoms with Crippen LogP contribution < -0.4 is 11.1 Å². The highest BCUT2D eigenvalue weighted by molar-refractivity contribution is 7.09. The average Bonchev–Trinajstić information content (AvgIpc) is 2.84. The van der Waals surface area contributed by atoms with Crippen molar-refractivity contribution in [3.05, 3.63) is 16.1 Å². The van der Waals surface area contributed by atoms with Gasteiger partial charge in [-0.25, -0.2) is 14.6 Å². The maximum Gasteiger partial charge on any atom is 0.408 e. The van der Waals surface area contributed by atoms with Gasteiger partial charge in [0.05, 0.1) is 19.1 Å². The number of hydrogen-bond acceptors (Lipinski definition) is 7. The van der Waals surface area contributed by atoms with Crippen LogP contribution in [0.4, 0.5) is 4.79 Å². The first kappa shape index (κ1) is 18.9. The number of carbonyl (C=O) groups excluding carboxylic acids is 3. The molecule has 0 spiro atoms. The molecule has 0 aromatic carbocycles. The molecule has 0 unspecified atom stereocenters. The van der Waals surface area contributed by atoms with E-state index in [-0.39, 0.29) is 18.7 Å². The second kappa shape index (κ2) is 7.91. The first-order valence-corrected chi connectivity index (χ1v) is 7.90. The number of amides is 2. The smallest absolute Gasteiger partial charge is 0.408 e. The SMILES string of the molecule is CCOC(=O)c1csc([C@H](CC(N)=O)NC(=O)OC(C)(C)C)n1. The topological polar surface area (TPSA) is 121 Å². The minimum Gasteiger partial charge on any atom is -0.461 e. The van der Waals surface area contributed by atoms with Crippen LogP contribution in [-0.2, 0) is 14.3 Å². The van der Waals surface area contributed by atoms with Crippen molar-refractivity contribution in [2.24, 2.45) is 5.73 Å². The van der Waals surface area contributed by atoms with E-state index in [4.69, 9.17) is 15.2 Å². The van der Waals surface area contributed by atoms with Crippen molar-refractivity contribution in [2.75, 3.05) is 6.61 Å². The molecule has 0 aliphatic carbocycles. The van der Waals surface area contributed by atoms with Crippen LogP contribution in [0.1, 0.15) is 55.7 Å². The highest BCUT2D eigenvalue weighted by Crippen LogP contribution is 2.22. The molecule has 3 N–H and O–H groups in total. The normalized spacial score (nSPS) is 12.3. The van der Waals surface area contributed by atoms with Gasteiger partial charge in [0.25, 0.3) is 0 Å². The highest BCUT2D eigenvalue weighted by atomic mass is 32.1. The van der Waals surface area contributed by atoms with E-state index in [0.717, 1.165) is 11.3 Å². The summed E-state index contributed by atoms with van der Waals surface area (Å²) >= 11 is 1.12. The van der Waals surface area contributed by atoms with Crippen molar-refractivity contribution >= 4 is 29.3 Å². The second-order valence-electron chi connectivity index (χ2n) is 5.66. The Balaban J connectivity index is 2.88. The van der Waals surface area contributed by atoms with Crippen molar-refractivity contribution < 1.29 is 23.9 Å². The number of hydrogen-bond donors (Lipinski definition) is 2.